The van der Waals surface area contributed by atoms with Crippen molar-refractivity contribution in [3.05, 3.63) is 47.4 Å². The number of aromatic nitrogens is 1. The van der Waals surface area contributed by atoms with Crippen LogP contribution in [0.5, 0.6) is 0 Å². The fourth-order valence-electron chi connectivity index (χ4n) is 4.09. The van der Waals surface area contributed by atoms with Crippen molar-refractivity contribution in [3.63, 3.8) is 0 Å². The molecule has 0 N–H and O–H groups in total. The molecule has 0 aliphatic carbocycles. The van der Waals surface area contributed by atoms with Crippen LogP contribution < -0.4 is 34.7 Å². The molecule has 8 heteroatoms. The number of carboxylic acid groups (broad SMARTS) is 1. The third-order valence-corrected chi connectivity index (χ3v) is 5.13. The molecule has 3 aliphatic heterocycles. The molecular weight excluding hydrogens is 345 g/mol. The number of hydrogen-bond acceptors (Lipinski definition) is 5. The Kier molecular flexibility index (Phi) is 5.05. The van der Waals surface area contributed by atoms with Gasteiger partial charge in [0.2, 0.25) is 5.91 Å². The fraction of sp³-hybridized carbons (Fsp3) is 0.333. The minimum Gasteiger partial charge on any atom is -0.543 e. The molecule has 4 heterocycles. The maximum atomic E-state index is 12.5. The number of amides is 2. The zero-order chi connectivity index (χ0) is 17.7. The molecule has 0 saturated carbocycles. The summed E-state index contributed by atoms with van der Waals surface area (Å²) in [6.45, 7) is 1.90. The van der Waals surface area contributed by atoms with E-state index in [2.05, 4.69) is 4.98 Å². The van der Waals surface area contributed by atoms with E-state index in [1.165, 1.54) is 11.8 Å². The first kappa shape index (κ1) is 18.8. The van der Waals surface area contributed by atoms with Gasteiger partial charge in [-0.15, -0.1) is 0 Å². The van der Waals surface area contributed by atoms with Gasteiger partial charge in [0.25, 0.3) is 5.91 Å². The first-order valence-corrected chi connectivity index (χ1v) is 8.13. The van der Waals surface area contributed by atoms with Gasteiger partial charge in [0.05, 0.1) is 23.4 Å². The van der Waals surface area contributed by atoms with Gasteiger partial charge in [0, 0.05) is 25.6 Å². The molecule has 128 valence electrons. The number of carbonyl (C=O) groups excluding carboxylic acids is 3. The topological polar surface area (TPSA) is 93.6 Å². The standard InChI is InChI=1S/C18H17N3O4.Na/c1-10(22)20-9-12-8-11(5-6-13-4-2-3-7-19-13)15(18(24)25)21-14(12)16(20)17(21)23;/h2-7,12,14,16H,8-9H2,1H3,(H,24,25);/q;+1/p-1/b6-5+;/t12?,14-,16?;/m1./s1. The summed E-state index contributed by atoms with van der Waals surface area (Å²) in [4.78, 5) is 42.9. The molecule has 2 fully saturated rings. The average Bonchev–Trinajstić information content (AvgIpc) is 2.96. The second-order valence-corrected chi connectivity index (χ2v) is 6.53. The number of hydrogen-bond donors (Lipinski definition) is 0. The van der Waals surface area contributed by atoms with Crippen LogP contribution in [0, 0.1) is 5.92 Å². The Bertz CT molecular complexity index is 836. The van der Waals surface area contributed by atoms with Gasteiger partial charge in [-0.25, -0.2) is 0 Å². The molecule has 3 atom stereocenters. The maximum Gasteiger partial charge on any atom is 1.00 e. The van der Waals surface area contributed by atoms with Crippen LogP contribution in [0.2, 0.25) is 0 Å². The Morgan fingerprint density at radius 1 is 1.31 bits per heavy atom. The smallest absolute Gasteiger partial charge is 0.543 e. The van der Waals surface area contributed by atoms with E-state index in [1.807, 2.05) is 6.07 Å². The molecule has 2 unspecified atom stereocenters. The van der Waals surface area contributed by atoms with Crippen LogP contribution in [-0.2, 0) is 14.4 Å². The van der Waals surface area contributed by atoms with Gasteiger partial charge < -0.3 is 19.7 Å². The summed E-state index contributed by atoms with van der Waals surface area (Å²) in [6, 6.07) is 4.65. The van der Waals surface area contributed by atoms with Crippen LogP contribution in [0.1, 0.15) is 19.0 Å². The van der Waals surface area contributed by atoms with Gasteiger partial charge in [-0.2, -0.15) is 0 Å². The van der Waals surface area contributed by atoms with Crippen LogP contribution in [0.4, 0.5) is 0 Å². The molecule has 2 amide bonds. The van der Waals surface area contributed by atoms with Crippen molar-refractivity contribution in [2.24, 2.45) is 5.92 Å². The van der Waals surface area contributed by atoms with Gasteiger partial charge in [0.15, 0.2) is 0 Å². The largest absolute Gasteiger partial charge is 1.00 e. The molecule has 26 heavy (non-hydrogen) atoms. The molecule has 0 radical (unpaired) electrons. The van der Waals surface area contributed by atoms with Crippen LogP contribution in [0.25, 0.3) is 6.08 Å². The Labute approximate surface area is 172 Å². The van der Waals surface area contributed by atoms with E-state index >= 15 is 0 Å². The van der Waals surface area contributed by atoms with E-state index < -0.39 is 12.0 Å². The quantitative estimate of drug-likeness (QED) is 0.413. The Morgan fingerprint density at radius 3 is 2.69 bits per heavy atom. The summed E-state index contributed by atoms with van der Waals surface area (Å²) >= 11 is 0. The number of rotatable bonds is 3. The second-order valence-electron chi connectivity index (χ2n) is 6.53. The number of carboxylic acids is 1. The van der Waals surface area contributed by atoms with Gasteiger partial charge in [0.1, 0.15) is 6.04 Å². The van der Waals surface area contributed by atoms with E-state index in [0.29, 0.717) is 24.2 Å². The van der Waals surface area contributed by atoms with E-state index in [1.54, 1.807) is 35.4 Å². The normalized spacial score (nSPS) is 26.5. The summed E-state index contributed by atoms with van der Waals surface area (Å²) in [5.74, 6) is -1.83. The molecule has 7 nitrogen and oxygen atoms in total. The molecule has 4 rings (SSSR count). The number of carbonyl (C=O) groups is 3. The summed E-state index contributed by atoms with van der Waals surface area (Å²) in [7, 11) is 0. The first-order chi connectivity index (χ1) is 12.0. The van der Waals surface area contributed by atoms with E-state index in [9.17, 15) is 19.5 Å². The molecule has 0 spiro atoms. The molecule has 2 saturated heterocycles. The summed E-state index contributed by atoms with van der Waals surface area (Å²) in [5.41, 5.74) is 1.14. The van der Waals surface area contributed by atoms with Crippen LogP contribution in [0.3, 0.4) is 0 Å². The number of aliphatic carboxylic acids is 1. The third kappa shape index (κ3) is 2.80. The van der Waals surface area contributed by atoms with Crippen molar-refractivity contribution < 1.29 is 49.0 Å². The van der Waals surface area contributed by atoms with Crippen molar-refractivity contribution >= 4 is 23.9 Å². The van der Waals surface area contributed by atoms with Gasteiger partial charge >= 0.3 is 29.6 Å². The summed E-state index contributed by atoms with van der Waals surface area (Å²) < 4.78 is 0. The number of likely N-dealkylation sites (tertiary alicyclic amines) is 1. The SMILES string of the molecule is CC(=O)N1CC2CC(/C=C/c3ccccn3)=C(C(=O)[O-])N3C(=O)C1[C@@H]23.[Na+]. The van der Waals surface area contributed by atoms with Crippen LogP contribution >= 0.6 is 0 Å². The average molecular weight is 361 g/mol. The molecule has 1 aromatic heterocycles. The Morgan fingerprint density at radius 2 is 2.08 bits per heavy atom. The first-order valence-electron chi connectivity index (χ1n) is 8.13. The van der Waals surface area contributed by atoms with Crippen LogP contribution in [0.15, 0.2) is 41.7 Å². The Balaban J connectivity index is 0.00000196. The predicted molar refractivity (Wildman–Crippen MR) is 85.2 cm³/mol. The molecule has 3 aliphatic rings. The zero-order valence-corrected chi connectivity index (χ0v) is 16.6. The van der Waals surface area contributed by atoms with Gasteiger partial charge in [-0.05, 0) is 30.2 Å². The predicted octanol–water partition coefficient (Wildman–Crippen LogP) is -3.44. The van der Waals surface area contributed by atoms with E-state index in [4.69, 9.17) is 0 Å². The van der Waals surface area contributed by atoms with Gasteiger partial charge in [-0.1, -0.05) is 12.1 Å². The summed E-state index contributed by atoms with van der Waals surface area (Å²) in [6.07, 6.45) is 5.54. The fourth-order valence-corrected chi connectivity index (χ4v) is 4.09. The monoisotopic (exact) mass is 361 g/mol. The minimum atomic E-state index is -1.37. The van der Waals surface area contributed by atoms with E-state index in [-0.39, 0.29) is 59.0 Å². The Hall–Kier alpha value is -1.96. The number of nitrogens with zero attached hydrogens (tertiary/aromatic N) is 3. The number of pyridine rings is 1. The van der Waals surface area contributed by atoms with Crippen molar-refractivity contribution in [2.75, 3.05) is 6.54 Å². The number of β-lactam (4-membered cyclic amide) rings is 1. The zero-order valence-electron chi connectivity index (χ0n) is 14.6. The van der Waals surface area contributed by atoms with E-state index in [0.717, 1.165) is 0 Å². The van der Waals surface area contributed by atoms with Crippen molar-refractivity contribution in [1.82, 2.24) is 14.8 Å². The molecule has 0 aromatic carbocycles. The summed E-state index contributed by atoms with van der Waals surface area (Å²) in [5, 5.41) is 11.7. The minimum absolute atomic E-state index is 0. The third-order valence-electron chi connectivity index (χ3n) is 5.13. The molecule has 1 aromatic rings. The van der Waals surface area contributed by atoms with Crippen molar-refractivity contribution in [1.29, 1.82) is 0 Å². The second kappa shape index (κ2) is 6.98. The molecule has 0 bridgehead atoms. The van der Waals surface area contributed by atoms with Crippen LogP contribution in [-0.4, -0.2) is 51.2 Å². The molecular formula is C18H16N3NaO4. The van der Waals surface area contributed by atoms with Gasteiger partial charge in [-0.3, -0.25) is 14.6 Å². The number of allylic oxidation sites excluding steroid dienone is 2. The maximum absolute atomic E-state index is 12.5. The van der Waals surface area contributed by atoms with Crippen molar-refractivity contribution in [2.45, 2.75) is 25.4 Å². The van der Waals surface area contributed by atoms with Crippen molar-refractivity contribution in [3.8, 4) is 0 Å².